The van der Waals surface area contributed by atoms with E-state index in [-0.39, 0.29) is 16.6 Å². The maximum atomic E-state index is 12.9. The summed E-state index contributed by atoms with van der Waals surface area (Å²) in [6, 6.07) is 12.7. The van der Waals surface area contributed by atoms with E-state index in [0.717, 1.165) is 11.3 Å². The molecule has 156 valence electrons. The Kier molecular flexibility index (Phi) is 7.53. The molecule has 0 spiro atoms. The summed E-state index contributed by atoms with van der Waals surface area (Å²) in [5.41, 5.74) is 1.02. The van der Waals surface area contributed by atoms with Crippen molar-refractivity contribution < 1.29 is 17.9 Å². The van der Waals surface area contributed by atoms with Gasteiger partial charge in [-0.2, -0.15) is 4.31 Å². The highest BCUT2D eigenvalue weighted by Gasteiger charge is 2.32. The number of sulfonamides is 1. The predicted molar refractivity (Wildman–Crippen MR) is 120 cm³/mol. The van der Waals surface area contributed by atoms with E-state index in [1.807, 2.05) is 24.3 Å². The first-order valence-electron chi connectivity index (χ1n) is 9.42. The molecule has 1 aliphatic heterocycles. The largest absolute Gasteiger partial charge is 0.496 e. The third-order valence-electron chi connectivity index (χ3n) is 5.22. The average Bonchev–Trinajstić information content (AvgIpc) is 2.71. The molecule has 0 aromatic heterocycles. The number of para-hydroxylation sites is 1. The summed E-state index contributed by atoms with van der Waals surface area (Å²) in [7, 11) is -1.95. The van der Waals surface area contributed by atoms with Crippen LogP contribution in [0, 0.1) is 5.92 Å². The first kappa shape index (κ1) is 22.5. The van der Waals surface area contributed by atoms with Gasteiger partial charge in [0.25, 0.3) is 0 Å². The van der Waals surface area contributed by atoms with Gasteiger partial charge in [0.05, 0.1) is 12.0 Å². The van der Waals surface area contributed by atoms with Crippen molar-refractivity contribution in [3.05, 3.63) is 57.0 Å². The summed E-state index contributed by atoms with van der Waals surface area (Å²) in [4.78, 5) is 12.9. The first-order valence-corrected chi connectivity index (χ1v) is 12.4. The monoisotopic (exact) mass is 543 g/mol. The number of carbonyl (C=O) groups is 1. The summed E-state index contributed by atoms with van der Waals surface area (Å²) >= 11 is 6.68. The topological polar surface area (TPSA) is 63.7 Å². The molecular weight excluding hydrogens is 522 g/mol. The molecule has 2 aromatic carbocycles. The fraction of sp³-hybridized carbons (Fsp3) is 0.381. The van der Waals surface area contributed by atoms with Gasteiger partial charge in [-0.1, -0.05) is 50.1 Å². The number of piperidine rings is 1. The number of methoxy groups -OCH3 is 1. The predicted octanol–water partition coefficient (Wildman–Crippen LogP) is 4.82. The molecule has 0 saturated carbocycles. The lowest BCUT2D eigenvalue weighted by Gasteiger charge is -2.30. The Morgan fingerprint density at radius 1 is 1.10 bits per heavy atom. The van der Waals surface area contributed by atoms with Crippen LogP contribution in [0.4, 0.5) is 0 Å². The molecule has 0 aliphatic carbocycles. The molecule has 0 unspecified atom stereocenters. The van der Waals surface area contributed by atoms with Gasteiger partial charge >= 0.3 is 0 Å². The smallest absolute Gasteiger partial charge is 0.243 e. The molecular formula is C21H23Br2NO4S. The lowest BCUT2D eigenvalue weighted by atomic mass is 9.90. The standard InChI is InChI=1S/C21H23Br2NO4S/c1-28-21-5-3-2-4-16(21)6-7-20(25)15-8-10-24(11-9-15)29(26,27)19-13-17(22)12-18(23)14-19/h2-5,12-15H,6-11H2,1H3. The average molecular weight is 545 g/mol. The number of rotatable bonds is 7. The van der Waals surface area contributed by atoms with Gasteiger partial charge in [-0.25, -0.2) is 8.42 Å². The molecule has 29 heavy (non-hydrogen) atoms. The van der Waals surface area contributed by atoms with Crippen molar-refractivity contribution in [3.8, 4) is 5.75 Å². The van der Waals surface area contributed by atoms with Gasteiger partial charge in [-0.05, 0) is 49.1 Å². The molecule has 1 heterocycles. The molecule has 0 atom stereocenters. The lowest BCUT2D eigenvalue weighted by molar-refractivity contribution is -0.123. The highest BCUT2D eigenvalue weighted by Crippen LogP contribution is 2.29. The summed E-state index contributed by atoms with van der Waals surface area (Å²) in [6.45, 7) is 0.717. The number of benzene rings is 2. The van der Waals surface area contributed by atoms with Crippen LogP contribution in [0.15, 0.2) is 56.3 Å². The zero-order valence-corrected chi connectivity index (χ0v) is 20.1. The second kappa shape index (κ2) is 9.73. The maximum Gasteiger partial charge on any atom is 0.243 e. The first-order chi connectivity index (χ1) is 13.8. The van der Waals surface area contributed by atoms with Gasteiger partial charge in [-0.3, -0.25) is 4.79 Å². The van der Waals surface area contributed by atoms with Crippen LogP contribution >= 0.6 is 31.9 Å². The van der Waals surface area contributed by atoms with Crippen molar-refractivity contribution in [2.45, 2.75) is 30.6 Å². The number of ketones is 1. The molecule has 1 aliphatic rings. The number of ether oxygens (including phenoxy) is 1. The number of Topliss-reactive ketones (excluding diaryl/α,β-unsaturated/α-hetero) is 1. The number of halogens is 2. The van der Waals surface area contributed by atoms with E-state index in [4.69, 9.17) is 4.74 Å². The van der Waals surface area contributed by atoms with Crippen molar-refractivity contribution in [2.24, 2.45) is 5.92 Å². The normalized spacial score (nSPS) is 16.0. The van der Waals surface area contributed by atoms with Crippen LogP contribution in [0.5, 0.6) is 5.75 Å². The zero-order valence-electron chi connectivity index (χ0n) is 16.1. The molecule has 8 heteroatoms. The number of nitrogens with zero attached hydrogens (tertiary/aromatic N) is 1. The molecule has 0 radical (unpaired) electrons. The minimum Gasteiger partial charge on any atom is -0.496 e. The van der Waals surface area contributed by atoms with Gasteiger partial charge in [0.2, 0.25) is 10.0 Å². The zero-order chi connectivity index (χ0) is 21.0. The van der Waals surface area contributed by atoms with E-state index in [1.165, 1.54) is 4.31 Å². The van der Waals surface area contributed by atoms with Gasteiger partial charge in [0, 0.05) is 34.4 Å². The SMILES string of the molecule is COc1ccccc1CCC(=O)C1CCN(S(=O)(=O)c2cc(Br)cc(Br)c2)CC1. The molecule has 1 fully saturated rings. The van der Waals surface area contributed by atoms with Crippen LogP contribution in [0.3, 0.4) is 0 Å². The van der Waals surface area contributed by atoms with Crippen molar-refractivity contribution in [1.29, 1.82) is 0 Å². The summed E-state index contributed by atoms with van der Waals surface area (Å²) in [6.07, 6.45) is 2.18. The van der Waals surface area contributed by atoms with Crippen LogP contribution in [0.25, 0.3) is 0 Å². The van der Waals surface area contributed by atoms with Crippen LogP contribution in [-0.4, -0.2) is 38.7 Å². The summed E-state index contributed by atoms with van der Waals surface area (Å²) in [5, 5.41) is 0. The Bertz CT molecular complexity index is 966. The molecule has 0 N–H and O–H groups in total. The molecule has 3 rings (SSSR count). The number of aryl methyl sites for hydroxylation is 1. The molecule has 0 amide bonds. The Hall–Kier alpha value is -1.22. The third kappa shape index (κ3) is 5.48. The second-order valence-electron chi connectivity index (χ2n) is 7.06. The molecule has 5 nitrogen and oxygen atoms in total. The third-order valence-corrected chi connectivity index (χ3v) is 8.01. The molecule has 0 bridgehead atoms. The summed E-state index contributed by atoms with van der Waals surface area (Å²) in [5.74, 6) is 0.893. The van der Waals surface area contributed by atoms with Gasteiger partial charge in [0.15, 0.2) is 0 Å². The van der Waals surface area contributed by atoms with Crippen LogP contribution < -0.4 is 4.74 Å². The van der Waals surface area contributed by atoms with Crippen molar-refractivity contribution in [1.82, 2.24) is 4.31 Å². The van der Waals surface area contributed by atoms with Gasteiger partial charge < -0.3 is 4.74 Å². The van der Waals surface area contributed by atoms with Crippen LogP contribution in [0.2, 0.25) is 0 Å². The van der Waals surface area contributed by atoms with E-state index >= 15 is 0 Å². The Labute approximate surface area is 188 Å². The maximum absolute atomic E-state index is 12.9. The van der Waals surface area contributed by atoms with Crippen LogP contribution in [-0.2, 0) is 21.2 Å². The fourth-order valence-electron chi connectivity index (χ4n) is 3.62. The van der Waals surface area contributed by atoms with Crippen molar-refractivity contribution in [2.75, 3.05) is 20.2 Å². The Balaban J connectivity index is 1.59. The van der Waals surface area contributed by atoms with Gasteiger partial charge in [-0.15, -0.1) is 0 Å². The van der Waals surface area contributed by atoms with Crippen molar-refractivity contribution in [3.63, 3.8) is 0 Å². The minimum absolute atomic E-state index is 0.0922. The van der Waals surface area contributed by atoms with Crippen molar-refractivity contribution >= 4 is 47.7 Å². The summed E-state index contributed by atoms with van der Waals surface area (Å²) < 4.78 is 34.1. The molecule has 1 saturated heterocycles. The number of hydrogen-bond acceptors (Lipinski definition) is 4. The van der Waals surface area contributed by atoms with E-state index in [0.29, 0.717) is 47.7 Å². The number of carbonyl (C=O) groups excluding carboxylic acids is 1. The van der Waals surface area contributed by atoms with E-state index in [1.54, 1.807) is 25.3 Å². The Morgan fingerprint density at radius 3 is 2.34 bits per heavy atom. The lowest BCUT2D eigenvalue weighted by Crippen LogP contribution is -2.40. The minimum atomic E-state index is -3.57. The molecule has 2 aromatic rings. The quantitative estimate of drug-likeness (QED) is 0.501. The van der Waals surface area contributed by atoms with Gasteiger partial charge in [0.1, 0.15) is 11.5 Å². The highest BCUT2D eigenvalue weighted by atomic mass is 79.9. The fourth-order valence-corrected chi connectivity index (χ4v) is 6.75. The van der Waals surface area contributed by atoms with E-state index in [9.17, 15) is 13.2 Å². The van der Waals surface area contributed by atoms with Crippen LogP contribution in [0.1, 0.15) is 24.8 Å². The number of hydrogen-bond donors (Lipinski definition) is 0. The van der Waals surface area contributed by atoms with E-state index in [2.05, 4.69) is 31.9 Å². The van der Waals surface area contributed by atoms with E-state index < -0.39 is 10.0 Å². The highest BCUT2D eigenvalue weighted by molar-refractivity contribution is 9.11. The Morgan fingerprint density at radius 2 is 1.72 bits per heavy atom. The second-order valence-corrected chi connectivity index (χ2v) is 10.8.